The maximum absolute atomic E-state index is 4.81. The molecular weight excluding hydrogens is 124 g/mol. The van der Waals surface area contributed by atoms with Crippen LogP contribution in [-0.4, -0.2) is 17.3 Å². The quantitative estimate of drug-likeness (QED) is 0.461. The van der Waals surface area contributed by atoms with E-state index < -0.39 is 0 Å². The lowest BCUT2D eigenvalue weighted by atomic mass is 10.2. The minimum Gasteiger partial charge on any atom is -0.228 e. The zero-order valence-electron chi connectivity index (χ0n) is 4.50. The molecule has 2 nitrogen and oxygen atoms in total. The number of rotatable bonds is 0. The molecule has 8 heavy (non-hydrogen) atoms. The summed E-state index contributed by atoms with van der Waals surface area (Å²) in [7, 11) is 0. The van der Waals surface area contributed by atoms with Gasteiger partial charge in [-0.3, -0.25) is 0 Å². The predicted molar refractivity (Wildman–Crippen MR) is 31.4 cm³/mol. The van der Waals surface area contributed by atoms with Crippen molar-refractivity contribution < 1.29 is 9.78 Å². The monoisotopic (exact) mass is 132 g/mol. The highest BCUT2D eigenvalue weighted by molar-refractivity contribution is 7.99. The average Bonchev–Trinajstić information content (AvgIpc) is 1.72. The van der Waals surface area contributed by atoms with Crippen LogP contribution >= 0.6 is 11.8 Å². The summed E-state index contributed by atoms with van der Waals surface area (Å²) in [5.74, 6) is 1.24. The Labute approximate surface area is 52.5 Å². The third-order valence-electron chi connectivity index (χ3n) is 1.49. The van der Waals surface area contributed by atoms with E-state index in [-0.39, 0.29) is 0 Å². The summed E-state index contributed by atoms with van der Waals surface area (Å²) < 4.78 is 0. The summed E-state index contributed by atoms with van der Waals surface area (Å²) in [6, 6.07) is 0. The van der Waals surface area contributed by atoms with Gasteiger partial charge in [-0.15, -0.1) is 11.8 Å². The molecule has 2 aliphatic rings. The Morgan fingerprint density at radius 2 is 2.38 bits per heavy atom. The Balaban J connectivity index is 1.92. The second kappa shape index (κ2) is 1.90. The van der Waals surface area contributed by atoms with Crippen molar-refractivity contribution in [2.45, 2.75) is 24.4 Å². The normalized spacial score (nSPS) is 45.0. The lowest BCUT2D eigenvalue weighted by molar-refractivity contribution is -0.440. The molecule has 2 rings (SSSR count). The van der Waals surface area contributed by atoms with Gasteiger partial charge in [0.15, 0.2) is 5.44 Å². The Kier molecular flexibility index (Phi) is 1.21. The average molecular weight is 132 g/mol. The van der Waals surface area contributed by atoms with Crippen LogP contribution in [0.2, 0.25) is 0 Å². The van der Waals surface area contributed by atoms with Crippen LogP contribution in [0.25, 0.3) is 0 Å². The molecule has 2 aliphatic heterocycles. The SMILES string of the molecule is C1CS[C@@H]2OOC2C1. The molecule has 2 heterocycles. The summed E-state index contributed by atoms with van der Waals surface area (Å²) in [4.78, 5) is 9.61. The van der Waals surface area contributed by atoms with Gasteiger partial charge in [-0.25, -0.2) is 9.78 Å². The topological polar surface area (TPSA) is 18.5 Å². The summed E-state index contributed by atoms with van der Waals surface area (Å²) in [6.45, 7) is 0. The van der Waals surface area contributed by atoms with Gasteiger partial charge in [-0.2, -0.15) is 0 Å². The van der Waals surface area contributed by atoms with Crippen LogP contribution in [0.1, 0.15) is 12.8 Å². The van der Waals surface area contributed by atoms with Crippen LogP contribution in [0.3, 0.4) is 0 Å². The molecule has 1 unspecified atom stereocenters. The van der Waals surface area contributed by atoms with Gasteiger partial charge >= 0.3 is 0 Å². The van der Waals surface area contributed by atoms with E-state index in [0.29, 0.717) is 11.5 Å². The van der Waals surface area contributed by atoms with E-state index in [4.69, 9.17) is 9.78 Å². The molecule has 0 amide bonds. The van der Waals surface area contributed by atoms with Crippen molar-refractivity contribution in [2.24, 2.45) is 0 Å². The standard InChI is InChI=1S/C5H8O2S/c1-2-4-5(7-6-4)8-3-1/h4-5H,1-3H2/t4?,5-/m0/s1. The second-order valence-corrected chi connectivity index (χ2v) is 3.32. The molecule has 0 bridgehead atoms. The van der Waals surface area contributed by atoms with Crippen LogP contribution < -0.4 is 0 Å². The van der Waals surface area contributed by atoms with Gasteiger partial charge < -0.3 is 0 Å². The molecule has 46 valence electrons. The highest BCUT2D eigenvalue weighted by Gasteiger charge is 2.37. The van der Waals surface area contributed by atoms with Crippen molar-refractivity contribution in [1.82, 2.24) is 0 Å². The minimum absolute atomic E-state index is 0.378. The maximum Gasteiger partial charge on any atom is 0.168 e. The van der Waals surface area contributed by atoms with Crippen molar-refractivity contribution in [3.05, 3.63) is 0 Å². The molecule has 0 aromatic heterocycles. The highest BCUT2D eigenvalue weighted by Crippen LogP contribution is 2.35. The fraction of sp³-hybridized carbons (Fsp3) is 1.00. The lowest BCUT2D eigenvalue weighted by Gasteiger charge is -2.37. The van der Waals surface area contributed by atoms with Crippen LogP contribution in [0.4, 0.5) is 0 Å². The number of fused-ring (bicyclic) bond motifs is 1. The van der Waals surface area contributed by atoms with E-state index in [0.717, 1.165) is 0 Å². The van der Waals surface area contributed by atoms with Crippen LogP contribution in [0.15, 0.2) is 0 Å². The van der Waals surface area contributed by atoms with Crippen molar-refractivity contribution in [3.8, 4) is 0 Å². The van der Waals surface area contributed by atoms with E-state index in [9.17, 15) is 0 Å². The minimum atomic E-state index is 0.378. The van der Waals surface area contributed by atoms with E-state index in [1.807, 2.05) is 11.8 Å². The fourth-order valence-corrected chi connectivity index (χ4v) is 2.05. The highest BCUT2D eigenvalue weighted by atomic mass is 32.2. The molecule has 0 N–H and O–H groups in total. The molecule has 2 fully saturated rings. The van der Waals surface area contributed by atoms with E-state index in [1.165, 1.54) is 18.6 Å². The Morgan fingerprint density at radius 3 is 2.75 bits per heavy atom. The molecule has 0 aromatic rings. The Morgan fingerprint density at radius 1 is 1.38 bits per heavy atom. The Hall–Kier alpha value is 0.270. The van der Waals surface area contributed by atoms with E-state index >= 15 is 0 Å². The number of hydrogen-bond acceptors (Lipinski definition) is 3. The first-order valence-electron chi connectivity index (χ1n) is 2.90. The zero-order chi connectivity index (χ0) is 5.40. The maximum atomic E-state index is 4.81. The van der Waals surface area contributed by atoms with Crippen molar-refractivity contribution in [3.63, 3.8) is 0 Å². The second-order valence-electron chi connectivity index (χ2n) is 2.11. The van der Waals surface area contributed by atoms with Gasteiger partial charge in [0.2, 0.25) is 0 Å². The van der Waals surface area contributed by atoms with Crippen molar-refractivity contribution in [2.75, 3.05) is 5.75 Å². The van der Waals surface area contributed by atoms with Crippen LogP contribution in [0, 0.1) is 0 Å². The largest absolute Gasteiger partial charge is 0.228 e. The van der Waals surface area contributed by atoms with E-state index in [1.54, 1.807) is 0 Å². The summed E-state index contributed by atoms with van der Waals surface area (Å²) in [5, 5.41) is 0. The third-order valence-corrected chi connectivity index (χ3v) is 2.73. The van der Waals surface area contributed by atoms with Gasteiger partial charge in [0.1, 0.15) is 6.10 Å². The Bertz CT molecular complexity index is 84.4. The first kappa shape index (κ1) is 5.09. The molecule has 0 aliphatic carbocycles. The molecular formula is C5H8O2S. The molecule has 2 atom stereocenters. The van der Waals surface area contributed by atoms with Gasteiger partial charge in [0, 0.05) is 0 Å². The molecule has 3 heteroatoms. The first-order valence-corrected chi connectivity index (χ1v) is 3.95. The summed E-state index contributed by atoms with van der Waals surface area (Å²) >= 11 is 1.87. The molecule has 0 saturated carbocycles. The summed E-state index contributed by atoms with van der Waals surface area (Å²) in [6.07, 6.45) is 2.90. The lowest BCUT2D eigenvalue weighted by Crippen LogP contribution is -2.42. The molecule has 0 radical (unpaired) electrons. The van der Waals surface area contributed by atoms with Crippen LogP contribution in [0.5, 0.6) is 0 Å². The van der Waals surface area contributed by atoms with Crippen LogP contribution in [-0.2, 0) is 9.78 Å². The summed E-state index contributed by atoms with van der Waals surface area (Å²) in [5.41, 5.74) is 0.378. The fourth-order valence-electron chi connectivity index (χ4n) is 0.983. The van der Waals surface area contributed by atoms with Gasteiger partial charge in [0.25, 0.3) is 0 Å². The zero-order valence-corrected chi connectivity index (χ0v) is 5.32. The van der Waals surface area contributed by atoms with E-state index in [2.05, 4.69) is 0 Å². The molecule has 0 aromatic carbocycles. The predicted octanol–water partition coefficient (Wildman–Crippen LogP) is 1.17. The number of hydrogen-bond donors (Lipinski definition) is 0. The van der Waals surface area contributed by atoms with Crippen molar-refractivity contribution in [1.29, 1.82) is 0 Å². The van der Waals surface area contributed by atoms with Gasteiger partial charge in [0.05, 0.1) is 0 Å². The van der Waals surface area contributed by atoms with Gasteiger partial charge in [-0.1, -0.05) is 0 Å². The van der Waals surface area contributed by atoms with Gasteiger partial charge in [-0.05, 0) is 18.6 Å². The third kappa shape index (κ3) is 0.658. The first-order chi connectivity index (χ1) is 3.97. The molecule has 2 saturated heterocycles. The van der Waals surface area contributed by atoms with Crippen molar-refractivity contribution >= 4 is 11.8 Å². The number of thioether (sulfide) groups is 1. The smallest absolute Gasteiger partial charge is 0.168 e. The molecule has 0 spiro atoms.